The Morgan fingerprint density at radius 2 is 1.92 bits per heavy atom. The lowest BCUT2D eigenvalue weighted by Gasteiger charge is -2.13. The van der Waals surface area contributed by atoms with Gasteiger partial charge in [0.05, 0.1) is 5.69 Å². The van der Waals surface area contributed by atoms with Crippen molar-refractivity contribution in [3.63, 3.8) is 0 Å². The smallest absolute Gasteiger partial charge is 0.147 e. The summed E-state index contributed by atoms with van der Waals surface area (Å²) in [4.78, 5) is 8.42. The number of nitrogens with one attached hydrogen (secondary N) is 1. The third-order valence-corrected chi connectivity index (χ3v) is 2.23. The second kappa shape index (κ2) is 3.56. The van der Waals surface area contributed by atoms with E-state index in [-0.39, 0.29) is 0 Å². The normalized spacial score (nSPS) is 16.4. The highest BCUT2D eigenvalue weighted by atomic mass is 15.0. The van der Waals surface area contributed by atoms with Crippen LogP contribution in [0.3, 0.4) is 0 Å². The highest BCUT2D eigenvalue weighted by molar-refractivity contribution is 5.40. The number of hydrogen-bond donors (Lipinski definition) is 1. The van der Waals surface area contributed by atoms with Crippen molar-refractivity contribution in [2.24, 2.45) is 0 Å². The van der Waals surface area contributed by atoms with Crippen molar-refractivity contribution < 1.29 is 0 Å². The molecule has 1 aliphatic rings. The van der Waals surface area contributed by atoms with Gasteiger partial charge in [-0.25, -0.2) is 4.98 Å². The van der Waals surface area contributed by atoms with Gasteiger partial charge in [0.1, 0.15) is 5.82 Å². The molecule has 1 aromatic heterocycles. The summed E-state index contributed by atoms with van der Waals surface area (Å²) in [5.41, 5.74) is 0.967. The van der Waals surface area contributed by atoms with E-state index in [1.54, 1.807) is 12.4 Å². The molecule has 0 spiro atoms. The molecule has 0 aromatic carbocycles. The average Bonchev–Trinajstić information content (AvgIpc) is 2.61. The molecule has 1 heterocycles. The van der Waals surface area contributed by atoms with Gasteiger partial charge in [0.15, 0.2) is 0 Å². The molecule has 1 aromatic rings. The van der Waals surface area contributed by atoms with E-state index < -0.39 is 0 Å². The Kier molecular flexibility index (Phi) is 2.25. The monoisotopic (exact) mass is 175 g/mol. The predicted molar refractivity (Wildman–Crippen MR) is 52.6 cm³/mol. The fourth-order valence-corrected chi connectivity index (χ4v) is 1.48. The summed E-state index contributed by atoms with van der Waals surface area (Å²) < 4.78 is 0. The van der Waals surface area contributed by atoms with Crippen LogP contribution in [0.4, 0.5) is 5.82 Å². The first-order valence-electron chi connectivity index (χ1n) is 4.55. The number of hydrogen-bond acceptors (Lipinski definition) is 3. The number of anilines is 1. The highest BCUT2D eigenvalue weighted by Gasteiger charge is 2.11. The first-order valence-corrected chi connectivity index (χ1v) is 4.55. The van der Waals surface area contributed by atoms with Crippen LogP contribution in [0.1, 0.15) is 18.5 Å². The van der Waals surface area contributed by atoms with Gasteiger partial charge in [0.25, 0.3) is 0 Å². The number of nitrogens with zero attached hydrogens (tertiary/aromatic N) is 2. The van der Waals surface area contributed by atoms with Gasteiger partial charge in [-0.1, -0.05) is 12.2 Å². The minimum atomic E-state index is 0.510. The summed E-state index contributed by atoms with van der Waals surface area (Å²) in [5, 5.41) is 3.37. The molecule has 13 heavy (non-hydrogen) atoms. The Balaban J connectivity index is 2.05. The zero-order valence-electron chi connectivity index (χ0n) is 7.70. The molecule has 0 amide bonds. The van der Waals surface area contributed by atoms with Crippen molar-refractivity contribution >= 4 is 5.82 Å². The molecule has 3 heteroatoms. The topological polar surface area (TPSA) is 37.8 Å². The Morgan fingerprint density at radius 1 is 1.23 bits per heavy atom. The zero-order valence-corrected chi connectivity index (χ0v) is 7.70. The maximum Gasteiger partial charge on any atom is 0.147 e. The van der Waals surface area contributed by atoms with Crippen LogP contribution in [0.15, 0.2) is 24.5 Å². The fraction of sp³-hybridized carbons (Fsp3) is 0.400. The molecule has 68 valence electrons. The fourth-order valence-electron chi connectivity index (χ4n) is 1.48. The Labute approximate surface area is 77.9 Å². The summed E-state index contributed by atoms with van der Waals surface area (Å²) in [7, 11) is 0. The Bertz CT molecular complexity index is 312. The largest absolute Gasteiger partial charge is 0.365 e. The number of aryl methyl sites for hydroxylation is 1. The molecule has 0 bridgehead atoms. The standard InChI is InChI=1S/C10H13N3/c1-8-10(12-7-6-11-8)13-9-4-2-3-5-9/h2-3,6-7,9H,4-5H2,1H3,(H,12,13). The average molecular weight is 175 g/mol. The lowest BCUT2D eigenvalue weighted by molar-refractivity contribution is 0.777. The molecule has 2 rings (SSSR count). The van der Waals surface area contributed by atoms with Crippen LogP contribution in [0.5, 0.6) is 0 Å². The molecule has 0 atom stereocenters. The molecule has 0 unspecified atom stereocenters. The molecule has 3 nitrogen and oxygen atoms in total. The van der Waals surface area contributed by atoms with Crippen LogP contribution >= 0.6 is 0 Å². The predicted octanol–water partition coefficient (Wildman–Crippen LogP) is 1.92. The van der Waals surface area contributed by atoms with E-state index >= 15 is 0 Å². The number of aromatic nitrogens is 2. The molecule has 1 aliphatic carbocycles. The van der Waals surface area contributed by atoms with Gasteiger partial charge in [0, 0.05) is 18.4 Å². The van der Waals surface area contributed by atoms with Crippen LogP contribution in [-0.2, 0) is 0 Å². The maximum absolute atomic E-state index is 4.24. The van der Waals surface area contributed by atoms with Crippen molar-refractivity contribution in [3.05, 3.63) is 30.2 Å². The van der Waals surface area contributed by atoms with E-state index in [0.29, 0.717) is 6.04 Å². The van der Waals surface area contributed by atoms with Crippen molar-refractivity contribution in [2.75, 3.05) is 5.32 Å². The SMILES string of the molecule is Cc1nccnc1NC1CC=CC1. The van der Waals surface area contributed by atoms with Gasteiger partial charge in [-0.05, 0) is 19.8 Å². The van der Waals surface area contributed by atoms with Crippen molar-refractivity contribution in [1.82, 2.24) is 9.97 Å². The summed E-state index contributed by atoms with van der Waals surface area (Å²) in [6.45, 7) is 1.97. The third kappa shape index (κ3) is 1.86. The molecule has 0 fully saturated rings. The number of rotatable bonds is 2. The van der Waals surface area contributed by atoms with Crippen LogP contribution in [0.25, 0.3) is 0 Å². The van der Waals surface area contributed by atoms with Gasteiger partial charge in [-0.15, -0.1) is 0 Å². The maximum atomic E-state index is 4.24. The van der Waals surface area contributed by atoms with Crippen molar-refractivity contribution in [1.29, 1.82) is 0 Å². The van der Waals surface area contributed by atoms with Gasteiger partial charge >= 0.3 is 0 Å². The van der Waals surface area contributed by atoms with Crippen molar-refractivity contribution in [2.45, 2.75) is 25.8 Å². The molecule has 0 radical (unpaired) electrons. The third-order valence-electron chi connectivity index (χ3n) is 2.23. The zero-order chi connectivity index (χ0) is 9.10. The van der Waals surface area contributed by atoms with Gasteiger partial charge < -0.3 is 5.32 Å². The highest BCUT2D eigenvalue weighted by Crippen LogP contribution is 2.16. The minimum absolute atomic E-state index is 0.510. The van der Waals surface area contributed by atoms with E-state index in [0.717, 1.165) is 24.4 Å². The molecule has 0 saturated heterocycles. The molecular weight excluding hydrogens is 162 g/mol. The van der Waals surface area contributed by atoms with Gasteiger partial charge in [0.2, 0.25) is 0 Å². The summed E-state index contributed by atoms with van der Waals surface area (Å²) in [6.07, 6.45) is 10.0. The lowest BCUT2D eigenvalue weighted by Crippen LogP contribution is -2.17. The summed E-state index contributed by atoms with van der Waals surface area (Å²) in [5.74, 6) is 0.913. The summed E-state index contributed by atoms with van der Waals surface area (Å²) >= 11 is 0. The quantitative estimate of drug-likeness (QED) is 0.698. The van der Waals surface area contributed by atoms with Crippen LogP contribution < -0.4 is 5.32 Å². The van der Waals surface area contributed by atoms with E-state index in [1.165, 1.54) is 0 Å². The van der Waals surface area contributed by atoms with E-state index in [4.69, 9.17) is 0 Å². The van der Waals surface area contributed by atoms with Gasteiger partial charge in [-0.3, -0.25) is 4.98 Å². The second-order valence-electron chi connectivity index (χ2n) is 3.27. The second-order valence-corrected chi connectivity index (χ2v) is 3.27. The van der Waals surface area contributed by atoms with E-state index in [1.807, 2.05) is 6.92 Å². The Morgan fingerprint density at radius 3 is 2.62 bits per heavy atom. The molecule has 0 aliphatic heterocycles. The lowest BCUT2D eigenvalue weighted by atomic mass is 10.2. The molecular formula is C10H13N3. The first kappa shape index (κ1) is 8.23. The van der Waals surface area contributed by atoms with Crippen LogP contribution in [0.2, 0.25) is 0 Å². The molecule has 0 saturated carbocycles. The van der Waals surface area contributed by atoms with E-state index in [2.05, 4.69) is 27.4 Å². The Hall–Kier alpha value is -1.38. The van der Waals surface area contributed by atoms with Crippen molar-refractivity contribution in [3.8, 4) is 0 Å². The first-order chi connectivity index (χ1) is 6.36. The van der Waals surface area contributed by atoms with Gasteiger partial charge in [-0.2, -0.15) is 0 Å². The van der Waals surface area contributed by atoms with Crippen LogP contribution in [0, 0.1) is 6.92 Å². The molecule has 1 N–H and O–H groups in total. The minimum Gasteiger partial charge on any atom is -0.365 e. The summed E-state index contributed by atoms with van der Waals surface area (Å²) in [6, 6.07) is 0.510. The van der Waals surface area contributed by atoms with E-state index in [9.17, 15) is 0 Å². The van der Waals surface area contributed by atoms with Crippen LogP contribution in [-0.4, -0.2) is 16.0 Å².